The van der Waals surface area contributed by atoms with E-state index in [1.54, 1.807) is 0 Å². The fraction of sp³-hybridized carbons (Fsp3) is 0.600. The minimum absolute atomic E-state index is 0.397. The first kappa shape index (κ1) is 9.48. The summed E-state index contributed by atoms with van der Waals surface area (Å²) in [6.07, 6.45) is 8.55. The molecule has 0 aliphatic carbocycles. The highest BCUT2D eigenvalue weighted by Crippen LogP contribution is 2.25. The van der Waals surface area contributed by atoms with Crippen molar-refractivity contribution in [3.63, 3.8) is 0 Å². The predicted molar refractivity (Wildman–Crippen MR) is 48.0 cm³/mol. The van der Waals surface area contributed by atoms with Crippen molar-refractivity contribution < 1.29 is 0 Å². The van der Waals surface area contributed by atoms with Gasteiger partial charge in [-0.05, 0) is 25.2 Å². The highest BCUT2D eigenvalue weighted by atomic mass is 14.2. The van der Waals surface area contributed by atoms with E-state index < -0.39 is 0 Å². The highest BCUT2D eigenvalue weighted by Gasteiger charge is 2.12. The average molecular weight is 138 g/mol. The van der Waals surface area contributed by atoms with Gasteiger partial charge in [-0.15, -0.1) is 6.58 Å². The van der Waals surface area contributed by atoms with Crippen LogP contribution in [-0.2, 0) is 0 Å². The van der Waals surface area contributed by atoms with Crippen molar-refractivity contribution in [1.29, 1.82) is 0 Å². The summed E-state index contributed by atoms with van der Waals surface area (Å²) in [6.45, 7) is 10.3. The van der Waals surface area contributed by atoms with Crippen molar-refractivity contribution in [1.82, 2.24) is 0 Å². The fourth-order valence-electron chi connectivity index (χ4n) is 0.911. The second-order valence-corrected chi connectivity index (χ2v) is 3.43. The van der Waals surface area contributed by atoms with Crippen LogP contribution >= 0.6 is 0 Å². The zero-order chi connectivity index (χ0) is 8.04. The Morgan fingerprint density at radius 1 is 1.30 bits per heavy atom. The first-order chi connectivity index (χ1) is 4.62. The number of rotatable bonds is 4. The lowest BCUT2D eigenvalue weighted by molar-refractivity contribution is 0.377. The van der Waals surface area contributed by atoms with Gasteiger partial charge in [-0.25, -0.2) is 0 Å². The Bertz CT molecular complexity index is 118. The van der Waals surface area contributed by atoms with Crippen molar-refractivity contribution in [2.75, 3.05) is 0 Å². The summed E-state index contributed by atoms with van der Waals surface area (Å²) in [5, 5.41) is 0. The molecule has 0 saturated carbocycles. The van der Waals surface area contributed by atoms with Gasteiger partial charge in [0, 0.05) is 0 Å². The van der Waals surface area contributed by atoms with E-state index in [9.17, 15) is 0 Å². The molecule has 10 heavy (non-hydrogen) atoms. The largest absolute Gasteiger partial charge is 0.103 e. The molecule has 0 aromatic heterocycles. The summed E-state index contributed by atoms with van der Waals surface area (Å²) in [6, 6.07) is 0. The van der Waals surface area contributed by atoms with Crippen LogP contribution in [0.15, 0.2) is 24.8 Å². The average Bonchev–Trinajstić information content (AvgIpc) is 1.84. The molecule has 0 fully saturated rings. The second kappa shape index (κ2) is 4.32. The van der Waals surface area contributed by atoms with Gasteiger partial charge < -0.3 is 0 Å². The third kappa shape index (κ3) is 4.37. The monoisotopic (exact) mass is 138 g/mol. The minimum atomic E-state index is 0.397. The smallest absolute Gasteiger partial charge is 0.0285 e. The maximum atomic E-state index is 3.73. The van der Waals surface area contributed by atoms with Gasteiger partial charge in [0.1, 0.15) is 0 Å². The highest BCUT2D eigenvalue weighted by molar-refractivity contribution is 4.88. The van der Waals surface area contributed by atoms with Gasteiger partial charge in [-0.1, -0.05) is 32.1 Å². The first-order valence-corrected chi connectivity index (χ1v) is 3.84. The molecule has 0 aromatic rings. The molecule has 0 nitrogen and oxygen atoms in total. The number of hydrogen-bond donors (Lipinski definition) is 0. The molecule has 0 atom stereocenters. The maximum absolute atomic E-state index is 3.73. The molecule has 0 spiro atoms. The summed E-state index contributed by atoms with van der Waals surface area (Å²) in [7, 11) is 0. The van der Waals surface area contributed by atoms with Crippen LogP contribution in [0.3, 0.4) is 0 Å². The van der Waals surface area contributed by atoms with Crippen molar-refractivity contribution in [3.8, 4) is 0 Å². The summed E-state index contributed by atoms with van der Waals surface area (Å²) in [4.78, 5) is 0. The third-order valence-electron chi connectivity index (χ3n) is 1.60. The predicted octanol–water partition coefficient (Wildman–Crippen LogP) is 3.55. The Morgan fingerprint density at radius 2 is 1.90 bits per heavy atom. The molecule has 58 valence electrons. The standard InChI is InChI=1S/C10H18/c1-5-7-9-10(3,4)8-6-2/h5-7H,2,8-9H2,1,3-4H3. The number of hydrogen-bond acceptors (Lipinski definition) is 0. The van der Waals surface area contributed by atoms with Crippen molar-refractivity contribution in [2.24, 2.45) is 5.41 Å². The van der Waals surface area contributed by atoms with E-state index in [1.807, 2.05) is 6.08 Å². The van der Waals surface area contributed by atoms with E-state index in [4.69, 9.17) is 0 Å². The summed E-state index contributed by atoms with van der Waals surface area (Å²) in [5.74, 6) is 0. The molecule has 0 saturated heterocycles. The quantitative estimate of drug-likeness (QED) is 0.521. The van der Waals surface area contributed by atoms with Gasteiger partial charge in [0.2, 0.25) is 0 Å². The van der Waals surface area contributed by atoms with E-state index in [0.717, 1.165) is 12.8 Å². The third-order valence-corrected chi connectivity index (χ3v) is 1.60. The molecular weight excluding hydrogens is 120 g/mol. The maximum Gasteiger partial charge on any atom is -0.0285 e. The van der Waals surface area contributed by atoms with Crippen LogP contribution in [-0.4, -0.2) is 0 Å². The lowest BCUT2D eigenvalue weighted by Gasteiger charge is -2.20. The fourth-order valence-corrected chi connectivity index (χ4v) is 0.911. The molecule has 0 aliphatic heterocycles. The molecule has 0 unspecified atom stereocenters. The molecule has 0 aromatic carbocycles. The molecule has 0 bridgehead atoms. The molecule has 0 aliphatic rings. The van der Waals surface area contributed by atoms with Gasteiger partial charge >= 0.3 is 0 Å². The molecule has 0 radical (unpaired) electrons. The van der Waals surface area contributed by atoms with E-state index in [0.29, 0.717) is 5.41 Å². The SMILES string of the molecule is C=CCC(C)(C)CC=CC. The molecule has 0 heterocycles. The Hall–Kier alpha value is -0.520. The van der Waals surface area contributed by atoms with Crippen LogP contribution in [0, 0.1) is 5.41 Å². The summed E-state index contributed by atoms with van der Waals surface area (Å²) in [5.41, 5.74) is 0.397. The Kier molecular flexibility index (Phi) is 4.10. The number of allylic oxidation sites excluding steroid dienone is 3. The molecule has 0 rings (SSSR count). The van der Waals surface area contributed by atoms with E-state index in [1.165, 1.54) is 0 Å². The first-order valence-electron chi connectivity index (χ1n) is 3.84. The minimum Gasteiger partial charge on any atom is -0.103 e. The normalized spacial score (nSPS) is 12.3. The van der Waals surface area contributed by atoms with Crippen LogP contribution < -0.4 is 0 Å². The Morgan fingerprint density at radius 3 is 2.30 bits per heavy atom. The van der Waals surface area contributed by atoms with Crippen molar-refractivity contribution >= 4 is 0 Å². The van der Waals surface area contributed by atoms with Crippen molar-refractivity contribution in [2.45, 2.75) is 33.6 Å². The van der Waals surface area contributed by atoms with Gasteiger partial charge in [0.25, 0.3) is 0 Å². The molecule has 0 N–H and O–H groups in total. The van der Waals surface area contributed by atoms with Crippen LogP contribution in [0.4, 0.5) is 0 Å². The van der Waals surface area contributed by atoms with Gasteiger partial charge in [0.15, 0.2) is 0 Å². The van der Waals surface area contributed by atoms with E-state index >= 15 is 0 Å². The summed E-state index contributed by atoms with van der Waals surface area (Å²) < 4.78 is 0. The topological polar surface area (TPSA) is 0 Å². The van der Waals surface area contributed by atoms with E-state index in [2.05, 4.69) is 39.5 Å². The molecular formula is C10H18. The molecule has 0 heteroatoms. The zero-order valence-electron chi connectivity index (χ0n) is 7.35. The zero-order valence-corrected chi connectivity index (χ0v) is 7.35. The van der Waals surface area contributed by atoms with Crippen LogP contribution in [0.2, 0.25) is 0 Å². The Labute approximate surface area is 64.6 Å². The lowest BCUT2D eigenvalue weighted by Crippen LogP contribution is -2.07. The van der Waals surface area contributed by atoms with Crippen LogP contribution in [0.1, 0.15) is 33.6 Å². The van der Waals surface area contributed by atoms with Crippen molar-refractivity contribution in [3.05, 3.63) is 24.8 Å². The van der Waals surface area contributed by atoms with Gasteiger partial charge in [0.05, 0.1) is 0 Å². The lowest BCUT2D eigenvalue weighted by atomic mass is 9.86. The van der Waals surface area contributed by atoms with Crippen LogP contribution in [0.5, 0.6) is 0 Å². The second-order valence-electron chi connectivity index (χ2n) is 3.43. The summed E-state index contributed by atoms with van der Waals surface area (Å²) >= 11 is 0. The van der Waals surface area contributed by atoms with Gasteiger partial charge in [-0.2, -0.15) is 0 Å². The van der Waals surface area contributed by atoms with Gasteiger partial charge in [-0.3, -0.25) is 0 Å². The molecule has 0 amide bonds. The van der Waals surface area contributed by atoms with E-state index in [-0.39, 0.29) is 0 Å². The van der Waals surface area contributed by atoms with Crippen LogP contribution in [0.25, 0.3) is 0 Å². The Balaban J connectivity index is 3.73.